The van der Waals surface area contributed by atoms with Crippen molar-refractivity contribution in [1.29, 1.82) is 0 Å². The molecule has 0 saturated heterocycles. The molecule has 0 aliphatic carbocycles. The highest BCUT2D eigenvalue weighted by atomic mass is 79.9. The van der Waals surface area contributed by atoms with Gasteiger partial charge in [0.05, 0.1) is 41.9 Å². The number of furan rings is 3. The van der Waals surface area contributed by atoms with Gasteiger partial charge in [-0.3, -0.25) is 4.39 Å². The number of hydrogen-bond donors (Lipinski definition) is 5. The normalized spacial score (nSPS) is 10.9. The number of halogens is 9. The van der Waals surface area contributed by atoms with Crippen LogP contribution in [0.15, 0.2) is 182 Å². The van der Waals surface area contributed by atoms with E-state index in [9.17, 15) is 55.1 Å². The highest BCUT2D eigenvalue weighted by Gasteiger charge is 2.27. The molecule has 8 aromatic carbocycles. The summed E-state index contributed by atoms with van der Waals surface area (Å²) in [4.78, 5) is 75.5. The van der Waals surface area contributed by atoms with Gasteiger partial charge in [-0.25, -0.2) is 50.7 Å². The van der Waals surface area contributed by atoms with Crippen molar-refractivity contribution < 1.29 is 115 Å². The SMILES string of the molecule is C.C.C.CC(C)(C)OC(=O)c1ccc(Br)cc1F.CC(C)(C)OC(=O)c1ccc(C(=O)O)cc1F.Cc1ccc(C)c2oc(-c3noc(-c4ccc(C(=O)O)c(F)c4)n3)cc12.Cc1ccc(C)c2oc(-c3noc(-c4ccc(C(=O)OC(C)(C)C)c(F)c4)n3)cc12.Cc1ccc(C)c2oc(/C(N)=N\O)cc12.Cl.O=C(O)c1ccc(Br)cc1F.[2H]CC.[2H]CF. The third kappa shape index (κ3) is 28.6. The lowest BCUT2D eigenvalue weighted by atomic mass is 10.1. The number of aromatic nitrogens is 4. The van der Waals surface area contributed by atoms with Crippen LogP contribution in [0.4, 0.5) is 26.3 Å². The number of nitrogens with zero attached hydrogens (tertiary/aromatic N) is 5. The predicted octanol–water partition coefficient (Wildman–Crippen LogP) is 24.9. The minimum Gasteiger partial charge on any atom is -0.478 e. The Bertz CT molecular complexity index is 5790. The number of benzene rings is 8. The summed E-state index contributed by atoms with van der Waals surface area (Å²) in [5, 5.41) is 48.2. The Hall–Kier alpha value is -12.4. The average molecular weight is 1850 g/mol. The lowest BCUT2D eigenvalue weighted by molar-refractivity contribution is 0.00517. The average Bonchev–Trinajstić information content (AvgIpc) is 1.64. The minimum atomic E-state index is -1.34. The van der Waals surface area contributed by atoms with Crippen molar-refractivity contribution in [1.82, 2.24) is 20.3 Å². The molecule has 0 unspecified atom stereocenters. The van der Waals surface area contributed by atoms with Crippen molar-refractivity contribution in [2.24, 2.45) is 10.9 Å². The molecule has 0 atom stereocenters. The fraction of sp³-hybridized carbons (Fsp3) is 0.270. The molecule has 654 valence electrons. The Morgan fingerprint density at radius 3 is 1.03 bits per heavy atom. The zero-order chi connectivity index (χ0) is 89.7. The van der Waals surface area contributed by atoms with Gasteiger partial charge in [-0.2, -0.15) is 9.97 Å². The molecule has 0 aliphatic heterocycles. The van der Waals surface area contributed by atoms with Gasteiger partial charge in [0.1, 0.15) is 62.6 Å². The summed E-state index contributed by atoms with van der Waals surface area (Å²) in [5.41, 5.74) is 11.2. The summed E-state index contributed by atoms with van der Waals surface area (Å²) >= 11 is 6.13. The molecule has 6 N–H and O–H groups in total. The number of aromatic carboxylic acids is 3. The first-order valence-electron chi connectivity index (χ1n) is 36.5. The second-order valence-corrected chi connectivity index (χ2v) is 30.1. The van der Waals surface area contributed by atoms with Crippen molar-refractivity contribution in [3.63, 3.8) is 0 Å². The molecule has 122 heavy (non-hydrogen) atoms. The largest absolute Gasteiger partial charge is 0.478 e. The summed E-state index contributed by atoms with van der Waals surface area (Å²) < 4.78 is 134. The molecule has 24 nitrogen and oxygen atoms in total. The summed E-state index contributed by atoms with van der Waals surface area (Å²) in [6.45, 7) is 29.5. The molecule has 0 amide bonds. The number of esters is 3. The number of carbonyl (C=O) groups excluding carboxylic acids is 3. The van der Waals surface area contributed by atoms with E-state index >= 15 is 0 Å². The van der Waals surface area contributed by atoms with Crippen LogP contribution in [0.3, 0.4) is 0 Å². The van der Waals surface area contributed by atoms with E-state index < -0.39 is 94.4 Å². The second-order valence-electron chi connectivity index (χ2n) is 28.2. The first kappa shape index (κ1) is 102. The fourth-order valence-corrected chi connectivity index (χ4v) is 10.9. The molecule has 0 radical (unpaired) electrons. The van der Waals surface area contributed by atoms with Gasteiger partial charge in [0.2, 0.25) is 17.5 Å². The molecular weight excluding hydrogens is 1750 g/mol. The lowest BCUT2D eigenvalue weighted by Crippen LogP contribution is -2.24. The van der Waals surface area contributed by atoms with Crippen molar-refractivity contribution in [2.45, 2.75) is 157 Å². The van der Waals surface area contributed by atoms with Crippen molar-refractivity contribution >= 4 is 119 Å². The molecule has 0 spiro atoms. The number of nitrogens with two attached hydrogens (primary N) is 1. The van der Waals surface area contributed by atoms with Crippen LogP contribution in [0.25, 0.3) is 79.0 Å². The van der Waals surface area contributed by atoms with E-state index in [4.69, 9.17) is 65.5 Å². The standard InChI is InChI=1S/C23H21FN2O4.C19H13FN2O4.C12H13FO4.C11H12BrFO2.C11H12N2O2.C7H4BrFO2.C2H6.CH3F.3CH4.ClH/c1-12-6-7-13(2)19-16(12)11-18(28-19)20-25-21(30-26-20)14-8-9-15(17(24)10-14)22(27)29-23(3,4)5;1-9-3-4-10(2)16-13(9)8-15(25-16)17-21-18(26-22-17)11-5-6-12(19(23)24)14(20)7-11;1-12(2,3)17-11(16)8-5-4-7(10(14)15)6-9(8)13;1-11(2,3)15-10(14)8-5-4-7(12)6-9(8)13;1-6-3-4-7(2)10-8(6)5-9(15-10)11(12)13-14;8-4-1-2-5(7(10)11)6(9)3-4;2*1-2;;;;/h6-11H,1-5H3;3-8H,1-2H3,(H,23,24);4-6H,1-3H3,(H,14,15);4-6H,1-3H3;3-5,14H,1-2H3,(H2,12,13);1-3H,(H,10,11);1-2H3;1H3;3*1H4;1H/i;;;;;;2*1D;;;;. The van der Waals surface area contributed by atoms with E-state index in [0.717, 1.165) is 103 Å². The molecule has 0 aliphatic rings. The van der Waals surface area contributed by atoms with Crippen molar-refractivity contribution in [2.75, 3.05) is 7.15 Å². The predicted molar refractivity (Wildman–Crippen MR) is 464 cm³/mol. The van der Waals surface area contributed by atoms with Crippen LogP contribution < -0.4 is 5.73 Å². The van der Waals surface area contributed by atoms with Crippen molar-refractivity contribution in [3.05, 3.63) is 256 Å². The van der Waals surface area contributed by atoms with Crippen LogP contribution in [0, 0.1) is 70.6 Å². The zero-order valence-corrected chi connectivity index (χ0v) is 71.0. The number of carboxylic acid groups (broad SMARTS) is 3. The van der Waals surface area contributed by atoms with Gasteiger partial charge < -0.3 is 62.8 Å². The van der Waals surface area contributed by atoms with Gasteiger partial charge in [0.15, 0.2) is 17.3 Å². The smallest absolute Gasteiger partial charge is 0.341 e. The second kappa shape index (κ2) is 45.8. The molecule has 0 bridgehead atoms. The lowest BCUT2D eigenvalue weighted by Gasteiger charge is -2.19. The summed E-state index contributed by atoms with van der Waals surface area (Å²) in [6, 6.07) is 36.2. The van der Waals surface area contributed by atoms with E-state index in [2.05, 4.69) is 57.3 Å². The third-order valence-electron chi connectivity index (χ3n) is 15.8. The molecule has 0 saturated carbocycles. The van der Waals surface area contributed by atoms with Crippen LogP contribution in [-0.4, -0.2) is 106 Å². The number of alkyl halides is 1. The van der Waals surface area contributed by atoms with Crippen LogP contribution in [0.2, 0.25) is 0 Å². The number of rotatable bonds is 11. The number of amidine groups is 1. The maximum atomic E-state index is 14.5. The molecule has 0 fully saturated rings. The summed E-state index contributed by atoms with van der Waals surface area (Å²) in [6.07, 6.45) is 0. The van der Waals surface area contributed by atoms with Crippen molar-refractivity contribution in [3.8, 4) is 46.1 Å². The van der Waals surface area contributed by atoms with E-state index in [1.165, 1.54) is 48.5 Å². The molecular formula is C89H97Br2ClF6N6O18. The van der Waals surface area contributed by atoms with Crippen LogP contribution in [0.5, 0.6) is 0 Å². The van der Waals surface area contributed by atoms with E-state index in [1.54, 1.807) is 81.4 Å². The van der Waals surface area contributed by atoms with Gasteiger partial charge in [-0.05, 0) is 246 Å². The molecule has 13 rings (SSSR count). The number of ether oxygens (including phenoxy) is 3. The van der Waals surface area contributed by atoms with Gasteiger partial charge in [-0.15, -0.1) is 12.4 Å². The Morgan fingerprint density at radius 2 is 0.738 bits per heavy atom. The van der Waals surface area contributed by atoms with E-state index in [0.29, 0.717) is 38.7 Å². The molecule has 5 heterocycles. The molecule has 5 aromatic heterocycles. The zero-order valence-electron chi connectivity index (χ0n) is 69.0. The number of aryl methyl sites for hydroxylation is 6. The Balaban J connectivity index is 0.000000509. The quantitative estimate of drug-likeness (QED) is 0.0153. The number of carboxylic acids is 3. The molecule has 13 aromatic rings. The van der Waals surface area contributed by atoms with E-state index in [-0.39, 0.29) is 97.3 Å². The Morgan fingerprint density at radius 1 is 0.443 bits per heavy atom. The molecule has 33 heteroatoms. The van der Waals surface area contributed by atoms with E-state index in [1.807, 2.05) is 90.1 Å². The van der Waals surface area contributed by atoms with Gasteiger partial charge in [-0.1, -0.05) is 120 Å². The van der Waals surface area contributed by atoms with Crippen LogP contribution >= 0.6 is 44.3 Å². The number of fused-ring (bicyclic) bond motifs is 3. The topological polar surface area (TPSA) is 367 Å². The van der Waals surface area contributed by atoms with Crippen LogP contribution in [0.1, 0.15) is 202 Å². The number of oxime groups is 1. The van der Waals surface area contributed by atoms with Gasteiger partial charge in [0.25, 0.3) is 11.8 Å². The first-order valence-corrected chi connectivity index (χ1v) is 36.7. The van der Waals surface area contributed by atoms with Gasteiger partial charge in [0, 0.05) is 37.6 Å². The highest BCUT2D eigenvalue weighted by Crippen LogP contribution is 2.35. The Kier molecular flexibility index (Phi) is 38.3. The number of carbonyl (C=O) groups is 6. The maximum absolute atomic E-state index is 14.5. The first-order chi connectivity index (χ1) is 56.1. The minimum absolute atomic E-state index is 0. The van der Waals surface area contributed by atoms with Crippen LogP contribution in [-0.2, 0) is 14.2 Å². The fourth-order valence-electron chi connectivity index (χ4n) is 10.2. The summed E-state index contributed by atoms with van der Waals surface area (Å²) in [7, 11) is -1.00. The third-order valence-corrected chi connectivity index (χ3v) is 16.8. The number of hydrogen-bond acceptors (Lipinski definition) is 20. The summed E-state index contributed by atoms with van der Waals surface area (Å²) in [5.74, 6) is -7.88. The maximum Gasteiger partial charge on any atom is 0.341 e. The highest BCUT2D eigenvalue weighted by molar-refractivity contribution is 9.10. The Labute approximate surface area is 726 Å². The monoisotopic (exact) mass is 1850 g/mol. The van der Waals surface area contributed by atoms with Gasteiger partial charge >= 0.3 is 35.8 Å².